The number of aryl methyl sites for hydroxylation is 1. The summed E-state index contributed by atoms with van der Waals surface area (Å²) >= 11 is 0. The summed E-state index contributed by atoms with van der Waals surface area (Å²) in [5.74, 6) is 0.536. The van der Waals surface area contributed by atoms with E-state index in [-0.39, 0.29) is 5.78 Å². The summed E-state index contributed by atoms with van der Waals surface area (Å²) in [5, 5.41) is 0. The highest BCUT2D eigenvalue weighted by molar-refractivity contribution is 6.09. The third kappa shape index (κ3) is 2.37. The number of hydrogen-bond donors (Lipinski definition) is 0. The molecule has 0 saturated heterocycles. The number of ether oxygens (including phenoxy) is 2. The van der Waals surface area contributed by atoms with E-state index in [0.29, 0.717) is 41.4 Å². The zero-order valence-corrected chi connectivity index (χ0v) is 11.0. The number of carbonyl (C=O) groups is 1. The van der Waals surface area contributed by atoms with Crippen molar-refractivity contribution in [2.24, 2.45) is 0 Å². The molecule has 0 unspecified atom stereocenters. The predicted octanol–water partition coefficient (Wildman–Crippen LogP) is 3.14. The van der Waals surface area contributed by atoms with Crippen LogP contribution in [0.15, 0.2) is 36.4 Å². The van der Waals surface area contributed by atoms with Crippen molar-refractivity contribution in [3.63, 3.8) is 0 Å². The molecule has 102 valence electrons. The maximum Gasteiger partial charge on any atom is 0.193 e. The molecule has 4 heteroatoms. The smallest absolute Gasteiger partial charge is 0.193 e. The average molecular weight is 272 g/mol. The number of hydrogen-bond acceptors (Lipinski definition) is 3. The number of fused-ring (bicyclic) bond motifs is 1. The number of ketones is 1. The minimum Gasteiger partial charge on any atom is -0.486 e. The van der Waals surface area contributed by atoms with Gasteiger partial charge in [0, 0.05) is 11.1 Å². The summed E-state index contributed by atoms with van der Waals surface area (Å²) in [6, 6.07) is 9.30. The SMILES string of the molecule is Cc1cc(F)cc(C(=O)c2ccc3c(c2)OCCO3)c1. The third-order valence-corrected chi connectivity index (χ3v) is 3.11. The Hall–Kier alpha value is -2.36. The lowest BCUT2D eigenvalue weighted by Gasteiger charge is -2.18. The molecule has 0 spiro atoms. The summed E-state index contributed by atoms with van der Waals surface area (Å²) < 4.78 is 24.2. The first-order chi connectivity index (χ1) is 9.63. The van der Waals surface area contributed by atoms with Crippen LogP contribution in [0.5, 0.6) is 11.5 Å². The maximum atomic E-state index is 13.4. The number of carbonyl (C=O) groups excluding carboxylic acids is 1. The zero-order valence-electron chi connectivity index (χ0n) is 11.0. The molecule has 1 heterocycles. The van der Waals surface area contributed by atoms with Gasteiger partial charge in [-0.2, -0.15) is 0 Å². The summed E-state index contributed by atoms with van der Waals surface area (Å²) in [6.45, 7) is 2.72. The molecule has 0 N–H and O–H groups in total. The number of rotatable bonds is 2. The fourth-order valence-electron chi connectivity index (χ4n) is 2.22. The molecule has 1 aliphatic heterocycles. The van der Waals surface area contributed by atoms with Gasteiger partial charge >= 0.3 is 0 Å². The van der Waals surface area contributed by atoms with Crippen molar-refractivity contribution in [1.82, 2.24) is 0 Å². The summed E-state index contributed by atoms with van der Waals surface area (Å²) in [5.41, 5.74) is 1.50. The topological polar surface area (TPSA) is 35.5 Å². The molecule has 3 rings (SSSR count). The van der Waals surface area contributed by atoms with E-state index in [1.807, 2.05) is 0 Å². The van der Waals surface area contributed by atoms with Crippen LogP contribution in [0, 0.1) is 12.7 Å². The highest BCUT2D eigenvalue weighted by atomic mass is 19.1. The van der Waals surface area contributed by atoms with Crippen LogP contribution in [0.25, 0.3) is 0 Å². The van der Waals surface area contributed by atoms with Gasteiger partial charge < -0.3 is 9.47 Å². The molecule has 2 aromatic rings. The van der Waals surface area contributed by atoms with Crippen molar-refractivity contribution in [2.75, 3.05) is 13.2 Å². The van der Waals surface area contributed by atoms with E-state index in [0.717, 1.165) is 0 Å². The molecule has 0 radical (unpaired) electrons. The standard InChI is InChI=1S/C16H13FO3/c1-10-6-12(8-13(17)7-10)16(18)11-2-3-14-15(9-11)20-5-4-19-14/h2-3,6-9H,4-5H2,1H3. The Morgan fingerprint density at radius 3 is 2.50 bits per heavy atom. The Kier molecular flexibility index (Phi) is 3.14. The van der Waals surface area contributed by atoms with Crippen molar-refractivity contribution in [3.05, 3.63) is 58.9 Å². The second-order valence-electron chi connectivity index (χ2n) is 4.70. The van der Waals surface area contributed by atoms with Crippen molar-refractivity contribution in [1.29, 1.82) is 0 Å². The normalized spacial score (nSPS) is 13.1. The molecule has 0 saturated carbocycles. The van der Waals surface area contributed by atoms with Gasteiger partial charge in [0.15, 0.2) is 17.3 Å². The lowest BCUT2D eigenvalue weighted by Crippen LogP contribution is -2.16. The molecule has 0 aliphatic carbocycles. The summed E-state index contributed by atoms with van der Waals surface area (Å²) in [6.07, 6.45) is 0. The quantitative estimate of drug-likeness (QED) is 0.788. The Labute approximate surface area is 115 Å². The van der Waals surface area contributed by atoms with E-state index in [2.05, 4.69) is 0 Å². The van der Waals surface area contributed by atoms with Crippen LogP contribution < -0.4 is 9.47 Å². The van der Waals surface area contributed by atoms with E-state index in [1.54, 1.807) is 31.2 Å². The van der Waals surface area contributed by atoms with Crippen LogP contribution >= 0.6 is 0 Å². The van der Waals surface area contributed by atoms with Crippen LogP contribution in [0.1, 0.15) is 21.5 Å². The van der Waals surface area contributed by atoms with Gasteiger partial charge in [-0.3, -0.25) is 4.79 Å². The minimum absolute atomic E-state index is 0.232. The van der Waals surface area contributed by atoms with E-state index in [9.17, 15) is 9.18 Å². The van der Waals surface area contributed by atoms with Gasteiger partial charge in [0.25, 0.3) is 0 Å². The van der Waals surface area contributed by atoms with E-state index in [4.69, 9.17) is 9.47 Å². The molecule has 0 fully saturated rings. The third-order valence-electron chi connectivity index (χ3n) is 3.11. The maximum absolute atomic E-state index is 13.4. The molecular formula is C16H13FO3. The molecule has 1 aliphatic rings. The predicted molar refractivity (Wildman–Crippen MR) is 72.0 cm³/mol. The molecule has 0 atom stereocenters. The van der Waals surface area contributed by atoms with Gasteiger partial charge in [0.05, 0.1) is 0 Å². The lowest BCUT2D eigenvalue weighted by atomic mass is 10.0. The second-order valence-corrected chi connectivity index (χ2v) is 4.70. The molecule has 3 nitrogen and oxygen atoms in total. The van der Waals surface area contributed by atoms with Crippen LogP contribution in [0.4, 0.5) is 4.39 Å². The van der Waals surface area contributed by atoms with Gasteiger partial charge in [-0.25, -0.2) is 4.39 Å². The Morgan fingerprint density at radius 2 is 1.75 bits per heavy atom. The summed E-state index contributed by atoms with van der Waals surface area (Å²) in [7, 11) is 0. The summed E-state index contributed by atoms with van der Waals surface area (Å²) in [4.78, 5) is 12.4. The van der Waals surface area contributed by atoms with Gasteiger partial charge in [-0.05, 0) is 48.9 Å². The van der Waals surface area contributed by atoms with E-state index < -0.39 is 5.82 Å². The molecule has 20 heavy (non-hydrogen) atoms. The number of halogens is 1. The van der Waals surface area contributed by atoms with Crippen molar-refractivity contribution in [2.45, 2.75) is 6.92 Å². The molecule has 0 amide bonds. The second kappa shape index (κ2) is 4.96. The monoisotopic (exact) mass is 272 g/mol. The van der Waals surface area contributed by atoms with E-state index in [1.165, 1.54) is 12.1 Å². The minimum atomic E-state index is -0.411. The van der Waals surface area contributed by atoms with Crippen LogP contribution in [0.2, 0.25) is 0 Å². The van der Waals surface area contributed by atoms with Gasteiger partial charge in [-0.15, -0.1) is 0 Å². The molecule has 0 bridgehead atoms. The van der Waals surface area contributed by atoms with Crippen molar-refractivity contribution < 1.29 is 18.7 Å². The van der Waals surface area contributed by atoms with E-state index >= 15 is 0 Å². The molecule has 0 aromatic heterocycles. The van der Waals surface area contributed by atoms with Crippen LogP contribution in [-0.2, 0) is 0 Å². The lowest BCUT2D eigenvalue weighted by molar-refractivity contribution is 0.103. The van der Waals surface area contributed by atoms with Crippen LogP contribution in [0.3, 0.4) is 0 Å². The first-order valence-electron chi connectivity index (χ1n) is 6.35. The van der Waals surface area contributed by atoms with Gasteiger partial charge in [0.2, 0.25) is 0 Å². The fourth-order valence-corrected chi connectivity index (χ4v) is 2.22. The van der Waals surface area contributed by atoms with Crippen molar-refractivity contribution in [3.8, 4) is 11.5 Å². The molecule has 2 aromatic carbocycles. The Balaban J connectivity index is 1.97. The zero-order chi connectivity index (χ0) is 14.1. The van der Waals surface area contributed by atoms with Crippen LogP contribution in [-0.4, -0.2) is 19.0 Å². The number of benzene rings is 2. The Bertz CT molecular complexity index is 659. The average Bonchev–Trinajstić information content (AvgIpc) is 2.45. The first-order valence-corrected chi connectivity index (χ1v) is 6.35. The highest BCUT2D eigenvalue weighted by Crippen LogP contribution is 2.31. The van der Waals surface area contributed by atoms with Gasteiger partial charge in [-0.1, -0.05) is 0 Å². The highest BCUT2D eigenvalue weighted by Gasteiger charge is 2.16. The molecular weight excluding hydrogens is 259 g/mol. The van der Waals surface area contributed by atoms with Gasteiger partial charge in [0.1, 0.15) is 19.0 Å². The fraction of sp³-hybridized carbons (Fsp3) is 0.188. The first kappa shape index (κ1) is 12.7. The van der Waals surface area contributed by atoms with Crippen molar-refractivity contribution >= 4 is 5.78 Å². The largest absolute Gasteiger partial charge is 0.486 e. The Morgan fingerprint density at radius 1 is 1.00 bits per heavy atom.